The summed E-state index contributed by atoms with van der Waals surface area (Å²) in [6.45, 7) is 10.4. The number of carbonyl (C=O) groups excluding carboxylic acids is 1. The molecule has 1 aromatic carbocycles. The lowest BCUT2D eigenvalue weighted by atomic mass is 9.96. The van der Waals surface area contributed by atoms with E-state index in [1.165, 1.54) is 0 Å². The summed E-state index contributed by atoms with van der Waals surface area (Å²) in [6, 6.07) is 4.32. The Bertz CT molecular complexity index is 932. The summed E-state index contributed by atoms with van der Waals surface area (Å²) in [4.78, 5) is 31.4. The minimum Gasteiger partial charge on any atom is -0.480 e. The molecule has 0 saturated carbocycles. The maximum Gasteiger partial charge on any atom is 0.326 e. The SMILES string of the molecule is CC(C)CC(NC(=O)c1ccc(NCc2cnc[nH]2)cc1C#CC(C)(C)C)C(=O)O. The standard InChI is InChI=1S/C23H30N4O3/c1-15(2)10-20(22(29)30)27-21(28)19-7-6-17(25-13-18-12-24-14-26-18)11-16(19)8-9-23(3,4)5/h6-7,11-12,14-15,20,25H,10,13H2,1-5H3,(H,24,26)(H,27,28)(H,29,30). The number of rotatable bonds is 8. The van der Waals surface area contributed by atoms with Crippen molar-refractivity contribution >= 4 is 17.6 Å². The van der Waals surface area contributed by atoms with E-state index in [9.17, 15) is 14.7 Å². The Balaban J connectivity index is 2.30. The third-order valence-corrected chi connectivity index (χ3v) is 4.18. The number of aromatic nitrogens is 2. The Morgan fingerprint density at radius 1 is 1.27 bits per heavy atom. The zero-order valence-corrected chi connectivity index (χ0v) is 18.2. The van der Waals surface area contributed by atoms with Gasteiger partial charge in [-0.25, -0.2) is 9.78 Å². The molecule has 1 aromatic heterocycles. The normalized spacial score (nSPS) is 12.1. The van der Waals surface area contributed by atoms with Crippen LogP contribution in [0.5, 0.6) is 0 Å². The molecule has 0 saturated heterocycles. The molecule has 160 valence electrons. The van der Waals surface area contributed by atoms with Gasteiger partial charge >= 0.3 is 5.97 Å². The smallest absolute Gasteiger partial charge is 0.326 e. The van der Waals surface area contributed by atoms with Gasteiger partial charge in [0.1, 0.15) is 6.04 Å². The van der Waals surface area contributed by atoms with E-state index in [-0.39, 0.29) is 11.3 Å². The van der Waals surface area contributed by atoms with Gasteiger partial charge in [0.2, 0.25) is 0 Å². The molecule has 0 aliphatic heterocycles. The molecular weight excluding hydrogens is 380 g/mol. The molecule has 1 amide bonds. The van der Waals surface area contributed by atoms with Crippen molar-refractivity contribution in [1.29, 1.82) is 0 Å². The first-order valence-corrected chi connectivity index (χ1v) is 9.97. The van der Waals surface area contributed by atoms with Crippen molar-refractivity contribution in [3.8, 4) is 11.8 Å². The van der Waals surface area contributed by atoms with Gasteiger partial charge in [0.05, 0.1) is 24.1 Å². The zero-order valence-electron chi connectivity index (χ0n) is 18.2. The van der Waals surface area contributed by atoms with Crippen LogP contribution >= 0.6 is 0 Å². The van der Waals surface area contributed by atoms with Gasteiger partial charge in [-0.15, -0.1) is 0 Å². The summed E-state index contributed by atoms with van der Waals surface area (Å²) in [5.41, 5.74) is 2.39. The molecule has 0 fully saturated rings. The molecule has 1 atom stereocenters. The molecule has 30 heavy (non-hydrogen) atoms. The number of nitrogens with zero attached hydrogens (tertiary/aromatic N) is 1. The van der Waals surface area contributed by atoms with Gasteiger partial charge in [0, 0.05) is 22.9 Å². The van der Waals surface area contributed by atoms with Crippen LogP contribution in [0.3, 0.4) is 0 Å². The van der Waals surface area contributed by atoms with Crippen molar-refractivity contribution in [2.75, 3.05) is 5.32 Å². The summed E-state index contributed by atoms with van der Waals surface area (Å²) < 4.78 is 0. The highest BCUT2D eigenvalue weighted by Crippen LogP contribution is 2.19. The maximum absolute atomic E-state index is 12.9. The maximum atomic E-state index is 12.9. The average molecular weight is 411 g/mol. The molecular formula is C23H30N4O3. The van der Waals surface area contributed by atoms with Crippen molar-refractivity contribution in [3.63, 3.8) is 0 Å². The first-order valence-electron chi connectivity index (χ1n) is 9.97. The molecule has 7 nitrogen and oxygen atoms in total. The number of nitrogens with one attached hydrogen (secondary N) is 3. The number of carboxylic acids is 1. The molecule has 0 aliphatic rings. The van der Waals surface area contributed by atoms with Crippen LogP contribution in [0.2, 0.25) is 0 Å². The third kappa shape index (κ3) is 7.28. The second-order valence-electron chi connectivity index (χ2n) is 8.68. The molecule has 0 aliphatic carbocycles. The topological polar surface area (TPSA) is 107 Å². The van der Waals surface area contributed by atoms with Crippen LogP contribution in [-0.4, -0.2) is 33.0 Å². The molecule has 0 radical (unpaired) electrons. The minimum atomic E-state index is -1.04. The van der Waals surface area contributed by atoms with Crippen LogP contribution in [-0.2, 0) is 11.3 Å². The molecule has 2 aromatic rings. The van der Waals surface area contributed by atoms with Gasteiger partial charge in [0.15, 0.2) is 0 Å². The first kappa shape index (κ1) is 23.0. The van der Waals surface area contributed by atoms with E-state index in [0.29, 0.717) is 24.1 Å². The lowest BCUT2D eigenvalue weighted by molar-refractivity contribution is -0.139. The molecule has 7 heteroatoms. The number of aliphatic carboxylic acids is 1. The van der Waals surface area contributed by atoms with Crippen LogP contribution in [0.1, 0.15) is 62.7 Å². The lowest BCUT2D eigenvalue weighted by Crippen LogP contribution is -2.41. The molecule has 2 rings (SSSR count). The summed E-state index contributed by atoms with van der Waals surface area (Å²) in [5.74, 6) is 4.89. The predicted molar refractivity (Wildman–Crippen MR) is 117 cm³/mol. The third-order valence-electron chi connectivity index (χ3n) is 4.18. The van der Waals surface area contributed by atoms with E-state index in [1.54, 1.807) is 24.7 Å². The monoisotopic (exact) mass is 410 g/mol. The number of hydrogen-bond donors (Lipinski definition) is 4. The van der Waals surface area contributed by atoms with Crippen LogP contribution in [0, 0.1) is 23.2 Å². The average Bonchev–Trinajstić information content (AvgIpc) is 3.16. The second-order valence-corrected chi connectivity index (χ2v) is 8.68. The number of H-pyrrole nitrogens is 1. The predicted octanol–water partition coefficient (Wildman–Crippen LogP) is 3.65. The van der Waals surface area contributed by atoms with Crippen molar-refractivity contribution in [2.24, 2.45) is 11.3 Å². The molecule has 1 heterocycles. The number of aromatic amines is 1. The Labute approximate surface area is 177 Å². The van der Waals surface area contributed by atoms with E-state index in [2.05, 4.69) is 32.4 Å². The molecule has 0 bridgehead atoms. The number of anilines is 1. The van der Waals surface area contributed by atoms with Crippen molar-refractivity contribution in [3.05, 3.63) is 47.5 Å². The highest BCUT2D eigenvalue weighted by molar-refractivity contribution is 5.99. The first-order chi connectivity index (χ1) is 14.0. The van der Waals surface area contributed by atoms with Crippen molar-refractivity contribution < 1.29 is 14.7 Å². The molecule has 4 N–H and O–H groups in total. The van der Waals surface area contributed by atoms with Gasteiger partial charge in [-0.1, -0.05) is 25.7 Å². The fraction of sp³-hybridized carbons (Fsp3) is 0.435. The summed E-state index contributed by atoms with van der Waals surface area (Å²) in [5, 5.41) is 15.3. The Morgan fingerprint density at radius 2 is 2.00 bits per heavy atom. The van der Waals surface area contributed by atoms with Gasteiger partial charge < -0.3 is 20.7 Å². The van der Waals surface area contributed by atoms with E-state index >= 15 is 0 Å². The molecule has 0 spiro atoms. The van der Waals surface area contributed by atoms with Crippen LogP contribution in [0.25, 0.3) is 0 Å². The fourth-order valence-electron chi connectivity index (χ4n) is 2.72. The lowest BCUT2D eigenvalue weighted by Gasteiger charge is -2.17. The number of benzene rings is 1. The Hall–Kier alpha value is -3.27. The van der Waals surface area contributed by atoms with Crippen molar-refractivity contribution in [2.45, 2.75) is 53.6 Å². The molecule has 1 unspecified atom stereocenters. The van der Waals surface area contributed by atoms with Gasteiger partial charge in [-0.3, -0.25) is 4.79 Å². The quantitative estimate of drug-likeness (QED) is 0.497. The van der Waals surface area contributed by atoms with Crippen molar-refractivity contribution in [1.82, 2.24) is 15.3 Å². The van der Waals surface area contributed by atoms with Gasteiger partial charge in [0.25, 0.3) is 5.91 Å². The van der Waals surface area contributed by atoms with E-state index in [4.69, 9.17) is 0 Å². The van der Waals surface area contributed by atoms with Gasteiger partial charge in [-0.2, -0.15) is 0 Å². The number of carbonyl (C=O) groups is 2. The summed E-state index contributed by atoms with van der Waals surface area (Å²) in [6.07, 6.45) is 3.70. The fourth-order valence-corrected chi connectivity index (χ4v) is 2.72. The largest absolute Gasteiger partial charge is 0.480 e. The number of hydrogen-bond acceptors (Lipinski definition) is 4. The van der Waals surface area contributed by atoms with Crippen LogP contribution in [0.15, 0.2) is 30.7 Å². The minimum absolute atomic E-state index is 0.139. The number of carboxylic acid groups (broad SMARTS) is 1. The Morgan fingerprint density at radius 3 is 2.57 bits per heavy atom. The summed E-state index contributed by atoms with van der Waals surface area (Å²) >= 11 is 0. The van der Waals surface area contributed by atoms with E-state index in [0.717, 1.165) is 11.4 Å². The summed E-state index contributed by atoms with van der Waals surface area (Å²) in [7, 11) is 0. The highest BCUT2D eigenvalue weighted by Gasteiger charge is 2.23. The zero-order chi connectivity index (χ0) is 22.3. The van der Waals surface area contributed by atoms with E-state index in [1.807, 2.05) is 40.7 Å². The number of imidazole rings is 1. The van der Waals surface area contributed by atoms with Crippen LogP contribution < -0.4 is 10.6 Å². The second kappa shape index (κ2) is 9.97. The highest BCUT2D eigenvalue weighted by atomic mass is 16.4. The number of amides is 1. The Kier molecular flexibility index (Phi) is 7.65. The van der Waals surface area contributed by atoms with E-state index < -0.39 is 17.9 Å². The van der Waals surface area contributed by atoms with Crippen LogP contribution in [0.4, 0.5) is 5.69 Å². The van der Waals surface area contributed by atoms with Gasteiger partial charge in [-0.05, 0) is 51.3 Å².